The van der Waals surface area contributed by atoms with Crippen molar-refractivity contribution < 1.29 is 18.4 Å². The number of furan rings is 1. The maximum Gasteiger partial charge on any atom is 0.305 e. The molecule has 4 aromatic rings. The molecule has 7 heteroatoms. The van der Waals surface area contributed by atoms with E-state index in [4.69, 9.17) is 8.83 Å². The van der Waals surface area contributed by atoms with Crippen LogP contribution in [0, 0.1) is 20.8 Å². The van der Waals surface area contributed by atoms with Gasteiger partial charge in [-0.2, -0.15) is 0 Å². The molecule has 0 bridgehead atoms. The molecular weight excluding hydrogens is 394 g/mol. The third-order valence-electron chi connectivity index (χ3n) is 5.28. The van der Waals surface area contributed by atoms with Crippen LogP contribution in [0.5, 0.6) is 0 Å². The fourth-order valence-corrected chi connectivity index (χ4v) is 3.31. The van der Waals surface area contributed by atoms with Crippen LogP contribution in [-0.4, -0.2) is 16.8 Å². The molecule has 31 heavy (non-hydrogen) atoms. The summed E-state index contributed by atoms with van der Waals surface area (Å²) in [5.41, 5.74) is 9.48. The summed E-state index contributed by atoms with van der Waals surface area (Å²) in [7, 11) is 0. The van der Waals surface area contributed by atoms with Gasteiger partial charge in [0.15, 0.2) is 17.4 Å². The highest BCUT2D eigenvalue weighted by Gasteiger charge is 2.18. The standard InChI is InChI=1S/C24H23N3O4/c1-14-8-9-17(12-15(14)2)20-13-25-22(30-20)11-10-21(28)26-27-24(29)23-16(3)18-6-4-5-7-19(18)31-23/h4-9,12-13H,10-11H2,1-3H3,(H,26,28)(H,27,29). The second-order valence-corrected chi connectivity index (χ2v) is 7.47. The number of benzene rings is 2. The molecule has 2 aromatic heterocycles. The first-order chi connectivity index (χ1) is 14.9. The highest BCUT2D eigenvalue weighted by Crippen LogP contribution is 2.25. The first kappa shape index (κ1) is 20.4. The van der Waals surface area contributed by atoms with Crippen LogP contribution < -0.4 is 10.9 Å². The van der Waals surface area contributed by atoms with E-state index in [1.807, 2.05) is 43.3 Å². The number of hydrogen-bond donors (Lipinski definition) is 2. The first-order valence-electron chi connectivity index (χ1n) is 10.0. The second-order valence-electron chi connectivity index (χ2n) is 7.47. The zero-order valence-electron chi connectivity index (χ0n) is 17.6. The van der Waals surface area contributed by atoms with Crippen molar-refractivity contribution in [2.45, 2.75) is 33.6 Å². The quantitative estimate of drug-likeness (QED) is 0.469. The van der Waals surface area contributed by atoms with Gasteiger partial charge >= 0.3 is 5.91 Å². The van der Waals surface area contributed by atoms with E-state index in [0.717, 1.165) is 16.5 Å². The molecule has 0 fully saturated rings. The Balaban J connectivity index is 1.31. The number of nitrogens with one attached hydrogen (secondary N) is 2. The van der Waals surface area contributed by atoms with Crippen LogP contribution in [0.3, 0.4) is 0 Å². The van der Waals surface area contributed by atoms with Crippen LogP contribution in [0.25, 0.3) is 22.3 Å². The average Bonchev–Trinajstić information content (AvgIpc) is 3.37. The maximum atomic E-state index is 12.4. The summed E-state index contributed by atoms with van der Waals surface area (Å²) in [4.78, 5) is 28.8. The zero-order valence-corrected chi connectivity index (χ0v) is 17.6. The Labute approximate surface area is 179 Å². The van der Waals surface area contributed by atoms with Crippen molar-refractivity contribution in [3.8, 4) is 11.3 Å². The third-order valence-corrected chi connectivity index (χ3v) is 5.28. The van der Waals surface area contributed by atoms with E-state index < -0.39 is 5.91 Å². The van der Waals surface area contributed by atoms with Gasteiger partial charge in [0, 0.05) is 29.4 Å². The first-order valence-corrected chi connectivity index (χ1v) is 10.0. The van der Waals surface area contributed by atoms with Crippen LogP contribution in [0.4, 0.5) is 0 Å². The van der Waals surface area contributed by atoms with Gasteiger partial charge < -0.3 is 8.83 Å². The third kappa shape index (κ3) is 4.35. The predicted molar refractivity (Wildman–Crippen MR) is 116 cm³/mol. The largest absolute Gasteiger partial charge is 0.451 e. The SMILES string of the molecule is Cc1ccc(-c2cnc(CCC(=O)NNC(=O)c3oc4ccccc4c3C)o2)cc1C. The van der Waals surface area contributed by atoms with E-state index in [9.17, 15) is 9.59 Å². The highest BCUT2D eigenvalue weighted by atomic mass is 16.4. The molecule has 0 atom stereocenters. The summed E-state index contributed by atoms with van der Waals surface area (Å²) in [6.45, 7) is 5.90. The Morgan fingerprint density at radius 1 is 0.968 bits per heavy atom. The van der Waals surface area contributed by atoms with Gasteiger partial charge in [0.25, 0.3) is 0 Å². The summed E-state index contributed by atoms with van der Waals surface area (Å²) < 4.78 is 11.4. The molecule has 2 amide bonds. The lowest BCUT2D eigenvalue weighted by atomic mass is 10.1. The summed E-state index contributed by atoms with van der Waals surface area (Å²) in [5.74, 6) is 0.436. The molecule has 0 aliphatic rings. The summed E-state index contributed by atoms with van der Waals surface area (Å²) in [5, 5.41) is 0.863. The van der Waals surface area contributed by atoms with Crippen molar-refractivity contribution in [1.29, 1.82) is 0 Å². The number of aromatic nitrogens is 1. The minimum atomic E-state index is -0.504. The molecule has 158 valence electrons. The lowest BCUT2D eigenvalue weighted by molar-refractivity contribution is -0.121. The zero-order chi connectivity index (χ0) is 22.0. The predicted octanol–water partition coefficient (Wildman–Crippen LogP) is 4.41. The van der Waals surface area contributed by atoms with Gasteiger partial charge in [0.2, 0.25) is 5.91 Å². The van der Waals surface area contributed by atoms with Gasteiger partial charge in [-0.25, -0.2) is 4.98 Å². The normalized spacial score (nSPS) is 10.9. The van der Waals surface area contributed by atoms with Gasteiger partial charge in [-0.15, -0.1) is 0 Å². The van der Waals surface area contributed by atoms with Crippen molar-refractivity contribution in [2.75, 3.05) is 0 Å². The molecule has 4 rings (SSSR count). The number of rotatable bonds is 5. The number of oxazole rings is 1. The lowest BCUT2D eigenvalue weighted by Crippen LogP contribution is -2.41. The molecule has 2 aromatic carbocycles. The van der Waals surface area contributed by atoms with E-state index in [0.29, 0.717) is 23.7 Å². The van der Waals surface area contributed by atoms with Crippen LogP contribution in [-0.2, 0) is 11.2 Å². The molecular formula is C24H23N3O4. The van der Waals surface area contributed by atoms with Gasteiger partial charge in [0.1, 0.15) is 5.58 Å². The van der Waals surface area contributed by atoms with Crippen molar-refractivity contribution in [3.05, 3.63) is 77.0 Å². The summed E-state index contributed by atoms with van der Waals surface area (Å²) in [6, 6.07) is 13.4. The molecule has 2 heterocycles. The van der Waals surface area contributed by atoms with Gasteiger partial charge in [-0.3, -0.25) is 20.4 Å². The Hall–Kier alpha value is -3.87. The number of para-hydroxylation sites is 1. The highest BCUT2D eigenvalue weighted by molar-refractivity contribution is 5.99. The molecule has 7 nitrogen and oxygen atoms in total. The fourth-order valence-electron chi connectivity index (χ4n) is 3.31. The number of aryl methyl sites for hydroxylation is 4. The van der Waals surface area contributed by atoms with Crippen molar-refractivity contribution in [3.63, 3.8) is 0 Å². The number of hydrogen-bond acceptors (Lipinski definition) is 5. The van der Waals surface area contributed by atoms with Crippen molar-refractivity contribution in [1.82, 2.24) is 15.8 Å². The smallest absolute Gasteiger partial charge is 0.305 e. The summed E-state index contributed by atoms with van der Waals surface area (Å²) >= 11 is 0. The Bertz CT molecular complexity index is 1270. The number of carbonyl (C=O) groups is 2. The maximum absolute atomic E-state index is 12.4. The average molecular weight is 417 g/mol. The molecule has 0 saturated carbocycles. The molecule has 0 aliphatic carbocycles. The van der Waals surface area contributed by atoms with Crippen LogP contribution in [0.2, 0.25) is 0 Å². The topological polar surface area (TPSA) is 97.4 Å². The minimum absolute atomic E-state index is 0.117. The molecule has 0 aliphatic heterocycles. The molecule has 0 radical (unpaired) electrons. The number of fused-ring (bicyclic) bond motifs is 1. The molecule has 0 unspecified atom stereocenters. The number of carbonyl (C=O) groups excluding carboxylic acids is 2. The van der Waals surface area contributed by atoms with Crippen molar-refractivity contribution >= 4 is 22.8 Å². The van der Waals surface area contributed by atoms with E-state index in [1.54, 1.807) is 19.2 Å². The number of hydrazine groups is 1. The van der Waals surface area contributed by atoms with E-state index in [2.05, 4.69) is 22.8 Å². The fraction of sp³-hybridized carbons (Fsp3) is 0.208. The molecule has 0 saturated heterocycles. The number of nitrogens with zero attached hydrogens (tertiary/aromatic N) is 1. The Morgan fingerprint density at radius 3 is 2.55 bits per heavy atom. The Morgan fingerprint density at radius 2 is 1.77 bits per heavy atom. The van der Waals surface area contributed by atoms with E-state index in [1.165, 1.54) is 11.1 Å². The van der Waals surface area contributed by atoms with Gasteiger partial charge in [-0.05, 0) is 44.0 Å². The molecule has 2 N–H and O–H groups in total. The molecule has 0 spiro atoms. The van der Waals surface area contributed by atoms with Crippen LogP contribution in [0.15, 0.2) is 57.5 Å². The van der Waals surface area contributed by atoms with Crippen LogP contribution in [0.1, 0.15) is 39.6 Å². The number of amides is 2. The second kappa shape index (κ2) is 8.47. The van der Waals surface area contributed by atoms with Crippen molar-refractivity contribution in [2.24, 2.45) is 0 Å². The summed E-state index contributed by atoms with van der Waals surface area (Å²) in [6.07, 6.45) is 2.09. The van der Waals surface area contributed by atoms with Gasteiger partial charge in [0.05, 0.1) is 6.20 Å². The van der Waals surface area contributed by atoms with Gasteiger partial charge in [-0.1, -0.05) is 30.3 Å². The monoisotopic (exact) mass is 417 g/mol. The Kier molecular flexibility index (Phi) is 5.58. The minimum Gasteiger partial charge on any atom is -0.451 e. The van der Waals surface area contributed by atoms with E-state index in [-0.39, 0.29) is 18.1 Å². The lowest BCUT2D eigenvalue weighted by Gasteiger charge is -2.05. The van der Waals surface area contributed by atoms with Crippen LogP contribution >= 0.6 is 0 Å². The van der Waals surface area contributed by atoms with E-state index >= 15 is 0 Å².